The lowest BCUT2D eigenvalue weighted by atomic mass is 9.86. The minimum atomic E-state index is -0.287. The molecule has 1 aliphatic rings. The van der Waals surface area contributed by atoms with Gasteiger partial charge >= 0.3 is 0 Å². The molecule has 21 heavy (non-hydrogen) atoms. The first-order valence-electron chi connectivity index (χ1n) is 7.59. The van der Waals surface area contributed by atoms with Crippen molar-refractivity contribution in [2.24, 2.45) is 0 Å². The Morgan fingerprint density at radius 1 is 1.29 bits per heavy atom. The molecule has 0 atom stereocenters. The Labute approximate surface area is 123 Å². The predicted molar refractivity (Wildman–Crippen MR) is 78.4 cm³/mol. The van der Waals surface area contributed by atoms with Crippen LogP contribution >= 0.6 is 0 Å². The molecule has 0 unspecified atom stereocenters. The van der Waals surface area contributed by atoms with Crippen LogP contribution in [0.3, 0.4) is 0 Å². The second kappa shape index (κ2) is 6.35. The molecule has 5 heteroatoms. The summed E-state index contributed by atoms with van der Waals surface area (Å²) in [5.41, 5.74) is 0.659. The van der Waals surface area contributed by atoms with Gasteiger partial charge in [0.1, 0.15) is 5.82 Å². The van der Waals surface area contributed by atoms with Gasteiger partial charge in [0.25, 0.3) is 0 Å². The van der Waals surface area contributed by atoms with Crippen molar-refractivity contribution in [3.63, 3.8) is 0 Å². The van der Waals surface area contributed by atoms with Gasteiger partial charge in [0.2, 0.25) is 11.7 Å². The summed E-state index contributed by atoms with van der Waals surface area (Å²) in [7, 11) is 0. The smallest absolute Gasteiger partial charge is 0.230 e. The van der Waals surface area contributed by atoms with Crippen molar-refractivity contribution >= 4 is 0 Å². The summed E-state index contributed by atoms with van der Waals surface area (Å²) in [4.78, 5) is 4.45. The predicted octanol–water partition coefficient (Wildman–Crippen LogP) is 3.51. The van der Waals surface area contributed by atoms with Gasteiger partial charge in [-0.15, -0.1) is 0 Å². The number of hydrogen-bond acceptors (Lipinski definition) is 4. The number of hydrogen-bond donors (Lipinski definition) is 1. The molecule has 112 valence electrons. The zero-order chi connectivity index (χ0) is 14.7. The molecule has 0 aliphatic heterocycles. The molecule has 1 aromatic carbocycles. The Kier molecular flexibility index (Phi) is 4.29. The molecule has 2 aromatic rings. The quantitative estimate of drug-likeness (QED) is 0.935. The molecular weight excluding hydrogens is 269 g/mol. The molecule has 1 heterocycles. The van der Waals surface area contributed by atoms with E-state index in [4.69, 9.17) is 4.52 Å². The van der Waals surface area contributed by atoms with Crippen LogP contribution in [0.1, 0.15) is 44.4 Å². The Morgan fingerprint density at radius 2 is 2.10 bits per heavy atom. The standard InChI is InChI=1S/C16H20FN3O/c1-2-18-14-8-6-11(7-9-14)16-19-15(20-21-16)12-4-3-5-13(17)10-12/h3-5,10-11,14,18H,2,6-9H2,1H3. The van der Waals surface area contributed by atoms with Crippen molar-refractivity contribution in [2.45, 2.75) is 44.6 Å². The van der Waals surface area contributed by atoms with Gasteiger partial charge in [-0.05, 0) is 44.4 Å². The van der Waals surface area contributed by atoms with Gasteiger partial charge in [-0.3, -0.25) is 0 Å². The zero-order valence-electron chi connectivity index (χ0n) is 12.2. The Balaban J connectivity index is 1.68. The average molecular weight is 289 g/mol. The normalized spacial score (nSPS) is 22.4. The Hall–Kier alpha value is -1.75. The first-order chi connectivity index (χ1) is 10.3. The summed E-state index contributed by atoms with van der Waals surface area (Å²) in [5, 5.41) is 7.48. The minimum absolute atomic E-state index is 0.287. The van der Waals surface area contributed by atoms with Gasteiger partial charge in [0.05, 0.1) is 0 Å². The number of halogens is 1. The van der Waals surface area contributed by atoms with Crippen molar-refractivity contribution in [1.29, 1.82) is 0 Å². The van der Waals surface area contributed by atoms with Gasteiger partial charge in [-0.1, -0.05) is 24.2 Å². The number of benzene rings is 1. The first kappa shape index (κ1) is 14.2. The molecule has 1 N–H and O–H groups in total. The van der Waals surface area contributed by atoms with Crippen molar-refractivity contribution in [3.8, 4) is 11.4 Å². The lowest BCUT2D eigenvalue weighted by Gasteiger charge is -2.26. The second-order valence-corrected chi connectivity index (χ2v) is 5.57. The molecule has 0 spiro atoms. The van der Waals surface area contributed by atoms with Crippen LogP contribution in [0.15, 0.2) is 28.8 Å². The lowest BCUT2D eigenvalue weighted by molar-refractivity contribution is 0.285. The van der Waals surface area contributed by atoms with Crippen molar-refractivity contribution in [1.82, 2.24) is 15.5 Å². The SMILES string of the molecule is CCNC1CCC(c2nc(-c3cccc(F)c3)no2)CC1. The molecular formula is C16H20FN3O. The molecule has 4 nitrogen and oxygen atoms in total. The summed E-state index contributed by atoms with van der Waals surface area (Å²) in [6.07, 6.45) is 4.39. The fraction of sp³-hybridized carbons (Fsp3) is 0.500. The molecule has 3 rings (SSSR count). The molecule has 1 saturated carbocycles. The molecule has 1 fully saturated rings. The van der Waals surface area contributed by atoms with Gasteiger partial charge in [-0.25, -0.2) is 4.39 Å². The number of nitrogens with zero attached hydrogens (tertiary/aromatic N) is 2. The highest BCUT2D eigenvalue weighted by Crippen LogP contribution is 2.32. The van der Waals surface area contributed by atoms with Crippen LogP contribution in [0.5, 0.6) is 0 Å². The van der Waals surface area contributed by atoms with Gasteiger partial charge in [-0.2, -0.15) is 4.98 Å². The van der Waals surface area contributed by atoms with E-state index in [1.54, 1.807) is 12.1 Å². The highest BCUT2D eigenvalue weighted by molar-refractivity contribution is 5.53. The zero-order valence-corrected chi connectivity index (χ0v) is 12.2. The monoisotopic (exact) mass is 289 g/mol. The molecule has 0 radical (unpaired) electrons. The first-order valence-corrected chi connectivity index (χ1v) is 7.59. The molecule has 0 bridgehead atoms. The van der Waals surface area contributed by atoms with E-state index in [0.29, 0.717) is 29.2 Å². The maximum Gasteiger partial charge on any atom is 0.230 e. The van der Waals surface area contributed by atoms with Gasteiger partial charge < -0.3 is 9.84 Å². The van der Waals surface area contributed by atoms with Crippen LogP contribution in [0.25, 0.3) is 11.4 Å². The molecule has 0 amide bonds. The number of nitrogens with one attached hydrogen (secondary N) is 1. The number of rotatable bonds is 4. The van der Waals surface area contributed by atoms with Crippen LogP contribution in [-0.2, 0) is 0 Å². The fourth-order valence-corrected chi connectivity index (χ4v) is 2.98. The van der Waals surface area contributed by atoms with Crippen molar-refractivity contribution < 1.29 is 8.91 Å². The highest BCUT2D eigenvalue weighted by Gasteiger charge is 2.26. The third-order valence-electron chi connectivity index (χ3n) is 4.09. The Morgan fingerprint density at radius 3 is 2.81 bits per heavy atom. The van der Waals surface area contributed by atoms with Crippen LogP contribution in [0.2, 0.25) is 0 Å². The molecule has 1 aliphatic carbocycles. The summed E-state index contributed by atoms with van der Waals surface area (Å²) in [6, 6.07) is 6.89. The van der Waals surface area contributed by atoms with Gasteiger partial charge in [0.15, 0.2) is 0 Å². The average Bonchev–Trinajstić information content (AvgIpc) is 2.98. The topological polar surface area (TPSA) is 51.0 Å². The van der Waals surface area contributed by atoms with Crippen molar-refractivity contribution in [3.05, 3.63) is 36.0 Å². The Bertz CT molecular complexity index is 591. The van der Waals surface area contributed by atoms with E-state index >= 15 is 0 Å². The maximum atomic E-state index is 13.2. The van der Waals surface area contributed by atoms with Crippen molar-refractivity contribution in [2.75, 3.05) is 6.54 Å². The summed E-state index contributed by atoms with van der Waals surface area (Å²) >= 11 is 0. The van der Waals surface area contributed by atoms with E-state index in [2.05, 4.69) is 22.4 Å². The van der Waals surface area contributed by atoms with Crippen LogP contribution in [-0.4, -0.2) is 22.7 Å². The maximum absolute atomic E-state index is 13.2. The second-order valence-electron chi connectivity index (χ2n) is 5.57. The number of aromatic nitrogens is 2. The van der Waals surface area contributed by atoms with E-state index < -0.39 is 0 Å². The highest BCUT2D eigenvalue weighted by atomic mass is 19.1. The fourth-order valence-electron chi connectivity index (χ4n) is 2.98. The van der Waals surface area contributed by atoms with E-state index in [1.807, 2.05) is 0 Å². The molecule has 1 aromatic heterocycles. The lowest BCUT2D eigenvalue weighted by Crippen LogP contribution is -2.32. The van der Waals surface area contributed by atoms with Gasteiger partial charge in [0, 0.05) is 17.5 Å². The van der Waals surface area contributed by atoms with E-state index in [-0.39, 0.29) is 5.82 Å². The summed E-state index contributed by atoms with van der Waals surface area (Å²) in [6.45, 7) is 3.15. The van der Waals surface area contributed by atoms with E-state index in [0.717, 1.165) is 32.2 Å². The van der Waals surface area contributed by atoms with Crippen LogP contribution in [0.4, 0.5) is 4.39 Å². The van der Waals surface area contributed by atoms with E-state index in [9.17, 15) is 4.39 Å². The summed E-state index contributed by atoms with van der Waals surface area (Å²) in [5.74, 6) is 1.20. The molecule has 0 saturated heterocycles. The van der Waals surface area contributed by atoms with Crippen LogP contribution in [0, 0.1) is 5.82 Å². The summed E-state index contributed by atoms with van der Waals surface area (Å²) < 4.78 is 18.6. The van der Waals surface area contributed by atoms with E-state index in [1.165, 1.54) is 12.1 Å². The van der Waals surface area contributed by atoms with Crippen LogP contribution < -0.4 is 5.32 Å². The minimum Gasteiger partial charge on any atom is -0.339 e. The third-order valence-corrected chi connectivity index (χ3v) is 4.09. The third kappa shape index (κ3) is 3.29. The largest absolute Gasteiger partial charge is 0.339 e.